The summed E-state index contributed by atoms with van der Waals surface area (Å²) in [7, 11) is 1.61. The van der Waals surface area contributed by atoms with Crippen LogP contribution in [0.25, 0.3) is 0 Å². The first-order valence-corrected chi connectivity index (χ1v) is 10.00. The minimum absolute atomic E-state index is 0.00209. The minimum Gasteiger partial charge on any atom is -0.465 e. The molecular weight excluding hydrogens is 412 g/mol. The standard InChI is InChI=1S/C20H32N2O9/c1-10(23)16(21-6)9-29-17-7-15(8-28-12(3)25)19(30-13(4)26)20(31-14(5)27)18(17)22-11(2)24/h15-21H,7-9H2,1-6H3,(H,22,24)/t15?,16-,17-,18?,19-,20+/m0/s1. The minimum atomic E-state index is -1.09. The van der Waals surface area contributed by atoms with Crippen LogP contribution in [0.4, 0.5) is 0 Å². The Kier molecular flexibility index (Phi) is 10.6. The fourth-order valence-corrected chi connectivity index (χ4v) is 3.54. The highest BCUT2D eigenvalue weighted by Gasteiger charge is 2.50. The average molecular weight is 444 g/mol. The molecule has 6 atom stereocenters. The van der Waals surface area contributed by atoms with E-state index in [1.165, 1.54) is 34.6 Å². The van der Waals surface area contributed by atoms with Crippen molar-refractivity contribution in [3.05, 3.63) is 0 Å². The number of likely N-dealkylation sites (N-methyl/N-ethyl adjacent to an activating group) is 1. The first-order valence-electron chi connectivity index (χ1n) is 10.00. The van der Waals surface area contributed by atoms with Crippen molar-refractivity contribution < 1.29 is 42.9 Å². The molecule has 0 aromatic rings. The van der Waals surface area contributed by atoms with Gasteiger partial charge in [0.25, 0.3) is 0 Å². The van der Waals surface area contributed by atoms with Gasteiger partial charge in [0, 0.05) is 33.6 Å². The number of rotatable bonds is 10. The van der Waals surface area contributed by atoms with Crippen LogP contribution in [-0.4, -0.2) is 80.3 Å². The van der Waals surface area contributed by atoms with E-state index < -0.39 is 60.1 Å². The Labute approximate surface area is 181 Å². The van der Waals surface area contributed by atoms with Crippen molar-refractivity contribution in [2.45, 2.75) is 71.4 Å². The highest BCUT2D eigenvalue weighted by atomic mass is 16.6. The topological polar surface area (TPSA) is 146 Å². The number of Topliss-reactive ketones (excluding diaryl/α,β-unsaturated/α-hetero) is 1. The van der Waals surface area contributed by atoms with Crippen LogP contribution >= 0.6 is 0 Å². The lowest BCUT2D eigenvalue weighted by Crippen LogP contribution is -2.64. The zero-order chi connectivity index (χ0) is 23.7. The lowest BCUT2D eigenvalue weighted by Gasteiger charge is -2.45. The molecule has 0 bridgehead atoms. The molecule has 1 fully saturated rings. The van der Waals surface area contributed by atoms with E-state index in [0.29, 0.717) is 0 Å². The van der Waals surface area contributed by atoms with E-state index in [2.05, 4.69) is 10.6 Å². The third kappa shape index (κ3) is 8.62. The lowest BCUT2D eigenvalue weighted by molar-refractivity contribution is -0.194. The number of hydrogen-bond donors (Lipinski definition) is 2. The quantitative estimate of drug-likeness (QED) is 0.334. The number of ketones is 1. The molecule has 0 saturated heterocycles. The van der Waals surface area contributed by atoms with Gasteiger partial charge in [-0.05, 0) is 20.4 Å². The van der Waals surface area contributed by atoms with Crippen molar-refractivity contribution >= 4 is 29.6 Å². The fraction of sp³-hybridized carbons (Fsp3) is 0.750. The van der Waals surface area contributed by atoms with Crippen LogP contribution in [0.3, 0.4) is 0 Å². The van der Waals surface area contributed by atoms with Crippen molar-refractivity contribution in [1.82, 2.24) is 10.6 Å². The van der Waals surface area contributed by atoms with Gasteiger partial charge in [-0.15, -0.1) is 0 Å². The zero-order valence-corrected chi connectivity index (χ0v) is 18.8. The van der Waals surface area contributed by atoms with E-state index in [-0.39, 0.29) is 25.4 Å². The molecule has 2 N–H and O–H groups in total. The summed E-state index contributed by atoms with van der Waals surface area (Å²) in [4.78, 5) is 58.5. The number of nitrogens with one attached hydrogen (secondary N) is 2. The molecule has 11 nitrogen and oxygen atoms in total. The van der Waals surface area contributed by atoms with Crippen molar-refractivity contribution in [3.8, 4) is 0 Å². The molecule has 31 heavy (non-hydrogen) atoms. The van der Waals surface area contributed by atoms with Gasteiger partial charge in [0.1, 0.15) is 11.9 Å². The molecule has 0 aromatic heterocycles. The molecule has 0 aliphatic heterocycles. The molecule has 0 aromatic carbocycles. The summed E-state index contributed by atoms with van der Waals surface area (Å²) in [5, 5.41) is 5.54. The van der Waals surface area contributed by atoms with Gasteiger partial charge in [0.2, 0.25) is 5.91 Å². The summed E-state index contributed by atoms with van der Waals surface area (Å²) in [6, 6.07) is -1.44. The van der Waals surface area contributed by atoms with E-state index in [0.717, 1.165) is 0 Å². The SMILES string of the molecule is CN[C@@H](CO[C@H]1CC(COC(C)=O)[C@H](OC(C)=O)[C@H](OC(C)=O)C1NC(C)=O)C(C)=O. The molecule has 176 valence electrons. The lowest BCUT2D eigenvalue weighted by atomic mass is 9.79. The Bertz CT molecular complexity index is 682. The van der Waals surface area contributed by atoms with Crippen LogP contribution in [0.1, 0.15) is 41.0 Å². The van der Waals surface area contributed by atoms with Gasteiger partial charge < -0.3 is 29.6 Å². The summed E-state index contributed by atoms with van der Waals surface area (Å²) in [6.45, 7) is 6.23. The smallest absolute Gasteiger partial charge is 0.303 e. The average Bonchev–Trinajstić information content (AvgIpc) is 2.63. The predicted molar refractivity (Wildman–Crippen MR) is 107 cm³/mol. The zero-order valence-electron chi connectivity index (χ0n) is 18.8. The van der Waals surface area contributed by atoms with Gasteiger partial charge in [0.15, 0.2) is 6.10 Å². The van der Waals surface area contributed by atoms with Gasteiger partial charge in [0.05, 0.1) is 31.4 Å². The van der Waals surface area contributed by atoms with E-state index >= 15 is 0 Å². The Morgan fingerprint density at radius 3 is 1.94 bits per heavy atom. The maximum atomic E-state index is 11.9. The van der Waals surface area contributed by atoms with E-state index in [9.17, 15) is 24.0 Å². The summed E-state index contributed by atoms with van der Waals surface area (Å²) in [6.07, 6.45) is -2.57. The fourth-order valence-electron chi connectivity index (χ4n) is 3.54. The maximum Gasteiger partial charge on any atom is 0.303 e. The Morgan fingerprint density at radius 1 is 0.903 bits per heavy atom. The van der Waals surface area contributed by atoms with Gasteiger partial charge in [-0.1, -0.05) is 0 Å². The van der Waals surface area contributed by atoms with Crippen LogP contribution in [0, 0.1) is 5.92 Å². The summed E-state index contributed by atoms with van der Waals surface area (Å²) < 4.78 is 21.9. The van der Waals surface area contributed by atoms with Crippen LogP contribution in [0.15, 0.2) is 0 Å². The van der Waals surface area contributed by atoms with E-state index in [1.807, 2.05) is 0 Å². The van der Waals surface area contributed by atoms with E-state index in [1.54, 1.807) is 7.05 Å². The number of amides is 1. The number of ether oxygens (including phenoxy) is 4. The molecule has 1 saturated carbocycles. The Hall–Kier alpha value is -2.53. The highest BCUT2D eigenvalue weighted by molar-refractivity contribution is 5.81. The van der Waals surface area contributed by atoms with Gasteiger partial charge in [-0.3, -0.25) is 24.0 Å². The van der Waals surface area contributed by atoms with Gasteiger partial charge in [-0.2, -0.15) is 0 Å². The number of hydrogen-bond acceptors (Lipinski definition) is 10. The molecule has 0 heterocycles. The van der Waals surface area contributed by atoms with Crippen LogP contribution in [0.2, 0.25) is 0 Å². The van der Waals surface area contributed by atoms with Gasteiger partial charge >= 0.3 is 17.9 Å². The second-order valence-corrected chi connectivity index (χ2v) is 7.50. The Balaban J connectivity index is 3.28. The summed E-state index contributed by atoms with van der Waals surface area (Å²) in [5.74, 6) is -2.92. The van der Waals surface area contributed by atoms with Crippen molar-refractivity contribution in [1.29, 1.82) is 0 Å². The van der Waals surface area contributed by atoms with Crippen molar-refractivity contribution in [3.63, 3.8) is 0 Å². The number of esters is 3. The first kappa shape index (κ1) is 26.5. The molecule has 0 spiro atoms. The van der Waals surface area contributed by atoms with E-state index in [4.69, 9.17) is 18.9 Å². The highest BCUT2D eigenvalue weighted by Crippen LogP contribution is 2.33. The molecule has 2 unspecified atom stereocenters. The van der Waals surface area contributed by atoms with Crippen LogP contribution in [-0.2, 0) is 42.9 Å². The molecule has 1 amide bonds. The molecule has 0 radical (unpaired) electrons. The molecular formula is C20H32N2O9. The number of carbonyl (C=O) groups excluding carboxylic acids is 5. The largest absolute Gasteiger partial charge is 0.465 e. The third-order valence-electron chi connectivity index (χ3n) is 4.87. The molecule has 1 aliphatic carbocycles. The van der Waals surface area contributed by atoms with Crippen molar-refractivity contribution in [2.24, 2.45) is 5.92 Å². The van der Waals surface area contributed by atoms with Crippen molar-refractivity contribution in [2.75, 3.05) is 20.3 Å². The molecule has 1 aliphatic rings. The monoisotopic (exact) mass is 444 g/mol. The van der Waals surface area contributed by atoms with Crippen LogP contribution < -0.4 is 10.6 Å². The second-order valence-electron chi connectivity index (χ2n) is 7.50. The molecule has 11 heteroatoms. The summed E-state index contributed by atoms with van der Waals surface area (Å²) >= 11 is 0. The van der Waals surface area contributed by atoms with Crippen LogP contribution in [0.5, 0.6) is 0 Å². The Morgan fingerprint density at radius 2 is 1.48 bits per heavy atom. The normalized spacial score (nSPS) is 26.3. The third-order valence-corrected chi connectivity index (χ3v) is 4.87. The first-order chi connectivity index (χ1) is 14.5. The van der Waals surface area contributed by atoms with Gasteiger partial charge in [-0.25, -0.2) is 0 Å². The molecule has 1 rings (SSSR count). The predicted octanol–water partition coefficient (Wildman–Crippen LogP) is -0.500. The summed E-state index contributed by atoms with van der Waals surface area (Å²) in [5.41, 5.74) is 0. The maximum absolute atomic E-state index is 11.9. The second kappa shape index (κ2) is 12.4. The number of carbonyl (C=O) groups is 5.